The van der Waals surface area contributed by atoms with Gasteiger partial charge in [0.25, 0.3) is 11.6 Å². The third-order valence-corrected chi connectivity index (χ3v) is 4.47. The molecule has 0 radical (unpaired) electrons. The molecular formula is C20H20N2O5. The van der Waals surface area contributed by atoms with Crippen LogP contribution in [0.3, 0.4) is 0 Å². The van der Waals surface area contributed by atoms with Gasteiger partial charge in [0, 0.05) is 43.1 Å². The summed E-state index contributed by atoms with van der Waals surface area (Å²) in [6.07, 6.45) is 0.701. The van der Waals surface area contributed by atoms with Gasteiger partial charge in [-0.1, -0.05) is 25.1 Å². The highest BCUT2D eigenvalue weighted by Crippen LogP contribution is 2.29. The quantitative estimate of drug-likeness (QED) is 0.481. The molecule has 140 valence electrons. The Morgan fingerprint density at radius 1 is 1.26 bits per heavy atom. The molecule has 0 saturated heterocycles. The van der Waals surface area contributed by atoms with Crippen LogP contribution in [0.5, 0.6) is 5.75 Å². The Bertz CT molecular complexity index is 1010. The molecule has 3 aromatic rings. The fourth-order valence-electron chi connectivity index (χ4n) is 3.10. The maximum absolute atomic E-state index is 13.0. The highest BCUT2D eigenvalue weighted by atomic mass is 16.6. The van der Waals surface area contributed by atoms with Crippen LogP contribution in [0.1, 0.15) is 28.6 Å². The van der Waals surface area contributed by atoms with Crippen molar-refractivity contribution >= 4 is 22.6 Å². The monoisotopic (exact) mass is 368 g/mol. The summed E-state index contributed by atoms with van der Waals surface area (Å²) in [5.41, 5.74) is 1.71. The molecule has 1 heterocycles. The second-order valence-electron chi connectivity index (χ2n) is 6.16. The molecule has 0 aliphatic heterocycles. The van der Waals surface area contributed by atoms with E-state index in [0.717, 1.165) is 22.3 Å². The van der Waals surface area contributed by atoms with Gasteiger partial charge in [0.2, 0.25) is 0 Å². The average molecular weight is 368 g/mol. The van der Waals surface area contributed by atoms with Crippen molar-refractivity contribution < 1.29 is 18.9 Å². The van der Waals surface area contributed by atoms with Gasteiger partial charge in [0.05, 0.1) is 17.6 Å². The Hall–Kier alpha value is -3.35. The van der Waals surface area contributed by atoms with Crippen LogP contribution in [0, 0.1) is 10.1 Å². The summed E-state index contributed by atoms with van der Waals surface area (Å²) in [6, 6.07) is 11.7. The van der Waals surface area contributed by atoms with E-state index in [1.807, 2.05) is 31.2 Å². The van der Waals surface area contributed by atoms with E-state index in [-0.39, 0.29) is 17.2 Å². The molecule has 0 aliphatic rings. The first-order valence-electron chi connectivity index (χ1n) is 8.53. The van der Waals surface area contributed by atoms with Gasteiger partial charge in [0.15, 0.2) is 0 Å². The Morgan fingerprint density at radius 3 is 2.67 bits per heavy atom. The lowest BCUT2D eigenvalue weighted by Gasteiger charge is -2.19. The highest BCUT2D eigenvalue weighted by Gasteiger charge is 2.23. The number of hydrogen-bond donors (Lipinski definition) is 0. The molecule has 0 bridgehead atoms. The summed E-state index contributed by atoms with van der Waals surface area (Å²) in [5.74, 6) is 0.759. The van der Waals surface area contributed by atoms with Crippen LogP contribution in [0.4, 0.5) is 5.69 Å². The minimum absolute atomic E-state index is 0.153. The minimum atomic E-state index is -0.533. The summed E-state index contributed by atoms with van der Waals surface area (Å²) in [6.45, 7) is 2.32. The van der Waals surface area contributed by atoms with E-state index in [0.29, 0.717) is 18.7 Å². The minimum Gasteiger partial charge on any atom is -0.496 e. The summed E-state index contributed by atoms with van der Waals surface area (Å²) >= 11 is 0. The van der Waals surface area contributed by atoms with E-state index in [2.05, 4.69) is 0 Å². The number of ether oxygens (including phenoxy) is 1. The number of fused-ring (bicyclic) bond motifs is 1. The number of nitro benzene ring substituents is 1. The lowest BCUT2D eigenvalue weighted by atomic mass is 10.1. The van der Waals surface area contributed by atoms with Crippen molar-refractivity contribution in [2.45, 2.75) is 19.9 Å². The van der Waals surface area contributed by atoms with E-state index >= 15 is 0 Å². The summed E-state index contributed by atoms with van der Waals surface area (Å²) in [7, 11) is 3.08. The lowest BCUT2D eigenvalue weighted by molar-refractivity contribution is -0.384. The Kier molecular flexibility index (Phi) is 5.12. The molecule has 1 aromatic heterocycles. The Balaban J connectivity index is 1.95. The molecule has 0 aliphatic carbocycles. The molecule has 1 amide bonds. The first-order valence-corrected chi connectivity index (χ1v) is 8.53. The molecule has 0 fully saturated rings. The molecule has 2 aromatic carbocycles. The summed E-state index contributed by atoms with van der Waals surface area (Å²) < 4.78 is 11.1. The predicted molar refractivity (Wildman–Crippen MR) is 101 cm³/mol. The van der Waals surface area contributed by atoms with Crippen molar-refractivity contribution in [1.82, 2.24) is 4.90 Å². The number of rotatable bonds is 6. The third-order valence-electron chi connectivity index (χ3n) is 4.47. The van der Waals surface area contributed by atoms with Crippen molar-refractivity contribution in [2.24, 2.45) is 0 Å². The van der Waals surface area contributed by atoms with Crippen molar-refractivity contribution in [1.29, 1.82) is 0 Å². The number of methoxy groups -OCH3 is 1. The lowest BCUT2D eigenvalue weighted by Crippen LogP contribution is -2.27. The molecule has 0 saturated carbocycles. The fraction of sp³-hybridized carbons (Fsp3) is 0.250. The molecule has 7 nitrogen and oxygen atoms in total. The zero-order chi connectivity index (χ0) is 19.6. The molecule has 3 rings (SSSR count). The van der Waals surface area contributed by atoms with Crippen LogP contribution in [-0.2, 0) is 13.0 Å². The van der Waals surface area contributed by atoms with Gasteiger partial charge < -0.3 is 14.1 Å². The van der Waals surface area contributed by atoms with Gasteiger partial charge in [-0.3, -0.25) is 14.9 Å². The van der Waals surface area contributed by atoms with E-state index in [9.17, 15) is 14.9 Å². The largest absolute Gasteiger partial charge is 0.496 e. The highest BCUT2D eigenvalue weighted by molar-refractivity contribution is 5.97. The number of nitro groups is 1. The zero-order valence-electron chi connectivity index (χ0n) is 15.4. The predicted octanol–water partition coefficient (Wildman–Crippen LogP) is 4.18. The molecular weight excluding hydrogens is 348 g/mol. The number of carbonyl (C=O) groups is 1. The van der Waals surface area contributed by atoms with Crippen molar-refractivity contribution in [3.05, 3.63) is 69.5 Å². The SMILES string of the molecule is CCc1oc2ccccc2c1CN(C)C(=O)c1cc([N+](=O)[O-])ccc1OC. The van der Waals surface area contributed by atoms with Gasteiger partial charge in [-0.25, -0.2) is 0 Å². The molecule has 0 unspecified atom stereocenters. The van der Waals surface area contributed by atoms with Crippen LogP contribution in [0.25, 0.3) is 11.0 Å². The van der Waals surface area contributed by atoms with Crippen LogP contribution in [0.15, 0.2) is 46.9 Å². The summed E-state index contributed by atoms with van der Waals surface area (Å²) in [5, 5.41) is 12.0. The number of furan rings is 1. The van der Waals surface area contributed by atoms with Crippen LogP contribution in [-0.4, -0.2) is 29.9 Å². The van der Waals surface area contributed by atoms with Gasteiger partial charge in [-0.2, -0.15) is 0 Å². The van der Waals surface area contributed by atoms with Gasteiger partial charge in [-0.15, -0.1) is 0 Å². The van der Waals surface area contributed by atoms with Crippen molar-refractivity contribution in [2.75, 3.05) is 14.2 Å². The Labute approximate surface area is 156 Å². The number of para-hydroxylation sites is 1. The maximum Gasteiger partial charge on any atom is 0.270 e. The van der Waals surface area contributed by atoms with Gasteiger partial charge in [0.1, 0.15) is 17.1 Å². The van der Waals surface area contributed by atoms with Crippen LogP contribution < -0.4 is 4.74 Å². The van der Waals surface area contributed by atoms with E-state index in [4.69, 9.17) is 9.15 Å². The number of hydrogen-bond acceptors (Lipinski definition) is 5. The first kappa shape index (κ1) is 18.4. The van der Waals surface area contributed by atoms with Gasteiger partial charge in [-0.05, 0) is 12.1 Å². The standard InChI is InChI=1S/C20H20N2O5/c1-4-17-16(14-7-5-6-8-19(14)27-17)12-21(2)20(23)15-11-13(22(24)25)9-10-18(15)26-3/h5-11H,4,12H2,1-3H3. The molecule has 0 atom stereocenters. The molecule has 0 N–H and O–H groups in total. The molecule has 27 heavy (non-hydrogen) atoms. The normalized spacial score (nSPS) is 10.8. The Morgan fingerprint density at radius 2 is 2.00 bits per heavy atom. The number of nitrogens with zero attached hydrogens (tertiary/aromatic N) is 2. The number of benzene rings is 2. The summed E-state index contributed by atoms with van der Waals surface area (Å²) in [4.78, 5) is 25.0. The van der Waals surface area contributed by atoms with E-state index in [1.165, 1.54) is 30.2 Å². The second-order valence-corrected chi connectivity index (χ2v) is 6.16. The topological polar surface area (TPSA) is 85.8 Å². The second kappa shape index (κ2) is 7.49. The molecule has 7 heteroatoms. The first-order chi connectivity index (χ1) is 13.0. The number of non-ortho nitro benzene ring substituents is 1. The van der Waals surface area contributed by atoms with Crippen LogP contribution >= 0.6 is 0 Å². The average Bonchev–Trinajstić information content (AvgIpc) is 3.04. The maximum atomic E-state index is 13.0. The van der Waals surface area contributed by atoms with E-state index in [1.54, 1.807) is 7.05 Å². The van der Waals surface area contributed by atoms with Crippen molar-refractivity contribution in [3.63, 3.8) is 0 Å². The number of carbonyl (C=O) groups excluding carboxylic acids is 1. The van der Waals surface area contributed by atoms with Crippen LogP contribution in [0.2, 0.25) is 0 Å². The molecule has 0 spiro atoms. The zero-order valence-corrected chi connectivity index (χ0v) is 15.4. The number of aryl methyl sites for hydroxylation is 1. The third kappa shape index (κ3) is 3.48. The number of amides is 1. The van der Waals surface area contributed by atoms with E-state index < -0.39 is 4.92 Å². The van der Waals surface area contributed by atoms with Gasteiger partial charge >= 0.3 is 0 Å². The smallest absolute Gasteiger partial charge is 0.270 e. The fourth-order valence-corrected chi connectivity index (χ4v) is 3.10. The van der Waals surface area contributed by atoms with Crippen molar-refractivity contribution in [3.8, 4) is 5.75 Å².